The molecule has 3 heteroatoms. The van der Waals surface area contributed by atoms with Gasteiger partial charge < -0.3 is 5.11 Å². The van der Waals surface area contributed by atoms with Crippen LogP contribution in [0.4, 0.5) is 0 Å². The number of Topliss-reactive ketones (excluding diaryl/α,β-unsaturated/α-hetero) is 1. The normalized spacial score (nSPS) is 13.4. The first-order valence-corrected chi connectivity index (χ1v) is 3.67. The lowest BCUT2D eigenvalue weighted by molar-refractivity contribution is -0.120. The molecule has 0 aromatic carbocycles. The van der Waals surface area contributed by atoms with Gasteiger partial charge in [-0.1, -0.05) is 0 Å². The summed E-state index contributed by atoms with van der Waals surface area (Å²) in [6.07, 6.45) is 1.85. The van der Waals surface area contributed by atoms with Gasteiger partial charge in [0.2, 0.25) is 0 Å². The van der Waals surface area contributed by atoms with Gasteiger partial charge in [0, 0.05) is 0 Å². The van der Waals surface area contributed by atoms with E-state index >= 15 is 0 Å². The van der Waals surface area contributed by atoms with Crippen molar-refractivity contribution in [3.8, 4) is 0 Å². The van der Waals surface area contributed by atoms with E-state index in [0.717, 1.165) is 0 Å². The van der Waals surface area contributed by atoms with E-state index in [9.17, 15) is 4.79 Å². The molecule has 1 N–H and O–H groups in total. The molecule has 0 heterocycles. The van der Waals surface area contributed by atoms with Crippen molar-refractivity contribution in [3.63, 3.8) is 0 Å². The Labute approximate surface area is 53.3 Å². The Balaban J connectivity index is 3.46. The summed E-state index contributed by atoms with van der Waals surface area (Å²) in [6, 6.07) is 0. The topological polar surface area (TPSA) is 37.3 Å². The zero-order valence-corrected chi connectivity index (χ0v) is 5.86. The molecular formula is C5H10O2S. The fourth-order valence-electron chi connectivity index (χ4n) is 0.260. The molecule has 0 aromatic heterocycles. The lowest BCUT2D eigenvalue weighted by atomic mass is 10.3. The van der Waals surface area contributed by atoms with Crippen LogP contribution in [0.5, 0.6) is 0 Å². The lowest BCUT2D eigenvalue weighted by Crippen LogP contribution is -2.16. The van der Waals surface area contributed by atoms with E-state index in [2.05, 4.69) is 0 Å². The maximum absolute atomic E-state index is 10.5. The maximum atomic E-state index is 10.5. The molecule has 0 aromatic rings. The molecule has 8 heavy (non-hydrogen) atoms. The first kappa shape index (κ1) is 7.98. The van der Waals surface area contributed by atoms with Crippen LogP contribution in [0.2, 0.25) is 0 Å². The summed E-state index contributed by atoms with van der Waals surface area (Å²) in [5.74, 6) is -0.0995. The van der Waals surface area contributed by atoms with Gasteiger partial charge in [0.25, 0.3) is 0 Å². The molecule has 1 unspecified atom stereocenters. The van der Waals surface area contributed by atoms with Crippen LogP contribution in [-0.2, 0) is 4.79 Å². The Morgan fingerprint density at radius 1 is 1.88 bits per heavy atom. The van der Waals surface area contributed by atoms with Crippen LogP contribution >= 0.6 is 11.8 Å². The average Bonchev–Trinajstić information content (AvgIpc) is 1.84. The first-order chi connectivity index (χ1) is 3.72. The minimum atomic E-state index is -0.331. The molecule has 0 saturated carbocycles. The predicted molar refractivity (Wildman–Crippen MR) is 35.1 cm³/mol. The van der Waals surface area contributed by atoms with Crippen LogP contribution < -0.4 is 0 Å². The fraction of sp³-hybridized carbons (Fsp3) is 0.800. The molecule has 0 aliphatic rings. The number of aliphatic hydroxyl groups is 1. The Morgan fingerprint density at radius 3 is 2.50 bits per heavy atom. The molecule has 2 nitrogen and oxygen atoms in total. The number of carbonyl (C=O) groups excluding carboxylic acids is 1. The molecule has 1 atom stereocenters. The zero-order chi connectivity index (χ0) is 6.57. The van der Waals surface area contributed by atoms with Gasteiger partial charge >= 0.3 is 0 Å². The Morgan fingerprint density at radius 2 is 2.38 bits per heavy atom. The van der Waals surface area contributed by atoms with Crippen LogP contribution in [0.3, 0.4) is 0 Å². The summed E-state index contributed by atoms with van der Waals surface area (Å²) in [5.41, 5.74) is 0. The molecule has 0 aliphatic heterocycles. The third-order valence-electron chi connectivity index (χ3n) is 0.963. The highest BCUT2D eigenvalue weighted by molar-refractivity contribution is 7.99. The number of aliphatic hydroxyl groups excluding tert-OH is 1. The summed E-state index contributed by atoms with van der Waals surface area (Å²) in [7, 11) is 0. The number of carbonyl (C=O) groups is 1. The van der Waals surface area contributed by atoms with E-state index in [1.54, 1.807) is 6.92 Å². The highest BCUT2D eigenvalue weighted by Gasteiger charge is 2.07. The largest absolute Gasteiger partial charge is 0.389 e. The monoisotopic (exact) mass is 134 g/mol. The van der Waals surface area contributed by atoms with Gasteiger partial charge in [0.15, 0.2) is 5.78 Å². The molecule has 0 bridgehead atoms. The molecular weight excluding hydrogens is 124 g/mol. The second-order valence-corrected chi connectivity index (χ2v) is 2.68. The van der Waals surface area contributed by atoms with Gasteiger partial charge in [-0.15, -0.1) is 0 Å². The fourth-order valence-corrected chi connectivity index (χ4v) is 0.597. The maximum Gasteiger partial charge on any atom is 0.170 e. The summed E-state index contributed by atoms with van der Waals surface area (Å²) in [5, 5.41) is 8.22. The van der Waals surface area contributed by atoms with Crippen LogP contribution in [0.25, 0.3) is 0 Å². The smallest absolute Gasteiger partial charge is 0.170 e. The molecule has 0 radical (unpaired) electrons. The molecule has 48 valence electrons. The van der Waals surface area contributed by atoms with E-state index in [-0.39, 0.29) is 17.6 Å². The van der Waals surface area contributed by atoms with Gasteiger partial charge in [0.05, 0.1) is 5.25 Å². The van der Waals surface area contributed by atoms with E-state index < -0.39 is 0 Å². The SMILES string of the molecule is CSC(C)C(=O)CO. The summed E-state index contributed by atoms with van der Waals surface area (Å²) < 4.78 is 0. The Hall–Kier alpha value is -0.0200. The van der Waals surface area contributed by atoms with E-state index in [1.807, 2.05) is 6.26 Å². The van der Waals surface area contributed by atoms with Gasteiger partial charge in [-0.05, 0) is 13.2 Å². The number of hydrogen-bond donors (Lipinski definition) is 1. The second-order valence-electron chi connectivity index (χ2n) is 1.50. The molecule has 0 spiro atoms. The molecule has 0 saturated heterocycles. The number of rotatable bonds is 3. The van der Waals surface area contributed by atoms with Gasteiger partial charge in [-0.3, -0.25) is 4.79 Å². The third kappa shape index (κ3) is 2.33. The summed E-state index contributed by atoms with van der Waals surface area (Å²) >= 11 is 1.45. The zero-order valence-electron chi connectivity index (χ0n) is 5.05. The Bertz CT molecular complexity index is 82.5. The van der Waals surface area contributed by atoms with Crippen molar-refractivity contribution in [1.29, 1.82) is 0 Å². The number of ketones is 1. The van der Waals surface area contributed by atoms with E-state index in [4.69, 9.17) is 5.11 Å². The lowest BCUT2D eigenvalue weighted by Gasteiger charge is -2.01. The number of hydrogen-bond acceptors (Lipinski definition) is 3. The van der Waals surface area contributed by atoms with Crippen molar-refractivity contribution in [1.82, 2.24) is 0 Å². The van der Waals surface area contributed by atoms with Crippen molar-refractivity contribution >= 4 is 17.5 Å². The van der Waals surface area contributed by atoms with E-state index in [1.165, 1.54) is 11.8 Å². The average molecular weight is 134 g/mol. The highest BCUT2D eigenvalue weighted by atomic mass is 32.2. The van der Waals surface area contributed by atoms with Crippen LogP contribution in [0, 0.1) is 0 Å². The van der Waals surface area contributed by atoms with Crippen molar-refractivity contribution in [2.45, 2.75) is 12.2 Å². The van der Waals surface area contributed by atoms with Crippen molar-refractivity contribution in [2.24, 2.45) is 0 Å². The second kappa shape index (κ2) is 3.92. The summed E-state index contributed by atoms with van der Waals surface area (Å²) in [4.78, 5) is 10.5. The van der Waals surface area contributed by atoms with Gasteiger partial charge in [-0.25, -0.2) is 0 Å². The van der Waals surface area contributed by atoms with Gasteiger partial charge in [0.1, 0.15) is 6.61 Å². The van der Waals surface area contributed by atoms with Crippen molar-refractivity contribution in [3.05, 3.63) is 0 Å². The van der Waals surface area contributed by atoms with Crippen LogP contribution in [0.15, 0.2) is 0 Å². The minimum Gasteiger partial charge on any atom is -0.389 e. The molecule has 0 amide bonds. The third-order valence-corrected chi connectivity index (χ3v) is 1.93. The van der Waals surface area contributed by atoms with Crippen LogP contribution in [0.1, 0.15) is 6.92 Å². The minimum absolute atomic E-state index is 0.0556. The van der Waals surface area contributed by atoms with Gasteiger partial charge in [-0.2, -0.15) is 11.8 Å². The Kier molecular flexibility index (Phi) is 3.91. The molecule has 0 fully saturated rings. The standard InChI is InChI=1S/C5H10O2S/c1-4(8-2)5(7)3-6/h4,6H,3H2,1-2H3. The van der Waals surface area contributed by atoms with Crippen molar-refractivity contribution in [2.75, 3.05) is 12.9 Å². The van der Waals surface area contributed by atoms with Crippen LogP contribution in [-0.4, -0.2) is 29.0 Å². The predicted octanol–water partition coefficient (Wildman–Crippen LogP) is 0.299. The van der Waals surface area contributed by atoms with Crippen molar-refractivity contribution < 1.29 is 9.90 Å². The quantitative estimate of drug-likeness (QED) is 0.603. The highest BCUT2D eigenvalue weighted by Crippen LogP contribution is 2.04. The molecule has 0 aliphatic carbocycles. The number of thioether (sulfide) groups is 1. The summed E-state index contributed by atoms with van der Waals surface area (Å²) in [6.45, 7) is 1.45. The first-order valence-electron chi connectivity index (χ1n) is 2.38. The molecule has 0 rings (SSSR count). The van der Waals surface area contributed by atoms with E-state index in [0.29, 0.717) is 0 Å².